The molecule has 0 unspecified atom stereocenters. The first kappa shape index (κ1) is 10.4. The van der Waals surface area contributed by atoms with Crippen LogP contribution in [0.25, 0.3) is 10.4 Å². The summed E-state index contributed by atoms with van der Waals surface area (Å²) in [6, 6.07) is 11.7. The number of carbonyl (C=O) groups excluding carboxylic acids is 1. The van der Waals surface area contributed by atoms with Gasteiger partial charge in [0.05, 0.1) is 10.8 Å². The molecule has 2 aromatic rings. The van der Waals surface area contributed by atoms with Gasteiger partial charge in [-0.2, -0.15) is 0 Å². The fourth-order valence-electron chi connectivity index (χ4n) is 1.31. The molecule has 0 fully saturated rings. The molecule has 0 aliphatic rings. The number of thiophene rings is 1. The summed E-state index contributed by atoms with van der Waals surface area (Å²) in [4.78, 5) is 11.4. The highest BCUT2D eigenvalue weighted by Crippen LogP contribution is 2.30. The molecule has 3 heteroatoms. The molecule has 0 aliphatic heterocycles. The molecular weight excluding hydrogens is 228 g/mol. The Morgan fingerprint density at radius 2 is 1.80 bits per heavy atom. The summed E-state index contributed by atoms with van der Waals surface area (Å²) >= 11 is 7.40. The maximum absolute atomic E-state index is 10.3. The van der Waals surface area contributed by atoms with Gasteiger partial charge in [-0.3, -0.25) is 0 Å². The number of rotatable bonds is 3. The average molecular weight is 236 g/mol. The Morgan fingerprint density at radius 3 is 2.33 bits per heavy atom. The van der Waals surface area contributed by atoms with Gasteiger partial charge >= 0.3 is 0 Å². The topological polar surface area (TPSA) is 17.1 Å². The van der Waals surface area contributed by atoms with E-state index in [0.29, 0.717) is 0 Å². The number of aldehydes is 1. The Morgan fingerprint density at radius 1 is 1.07 bits per heavy atom. The van der Waals surface area contributed by atoms with Gasteiger partial charge in [0.2, 0.25) is 0 Å². The highest BCUT2D eigenvalue weighted by molar-refractivity contribution is 7.19. The van der Waals surface area contributed by atoms with Crippen LogP contribution in [-0.4, -0.2) is 6.29 Å². The molecule has 1 nitrogen and oxygen atoms in total. The molecule has 75 valence electrons. The Kier molecular flexibility index (Phi) is 3.19. The van der Waals surface area contributed by atoms with Crippen molar-refractivity contribution >= 4 is 29.2 Å². The number of hydrogen-bond donors (Lipinski definition) is 0. The fourth-order valence-corrected chi connectivity index (χ4v) is 2.36. The van der Waals surface area contributed by atoms with Crippen molar-refractivity contribution in [1.82, 2.24) is 0 Å². The molecule has 1 heterocycles. The molecule has 15 heavy (non-hydrogen) atoms. The minimum atomic E-state index is 0.786. The molecule has 1 aromatic carbocycles. The van der Waals surface area contributed by atoms with Crippen molar-refractivity contribution in [3.05, 3.63) is 52.7 Å². The first-order chi connectivity index (χ1) is 7.29. The van der Waals surface area contributed by atoms with Crippen LogP contribution in [0.2, 0.25) is 4.34 Å². The van der Waals surface area contributed by atoms with Gasteiger partial charge in [0, 0.05) is 4.88 Å². The lowest BCUT2D eigenvalue weighted by Gasteiger charge is -1.98. The summed E-state index contributed by atoms with van der Waals surface area (Å²) in [5.41, 5.74) is 2.03. The van der Waals surface area contributed by atoms with E-state index in [9.17, 15) is 4.79 Å². The number of benzene rings is 1. The predicted molar refractivity (Wildman–Crippen MR) is 64.2 cm³/mol. The van der Waals surface area contributed by atoms with Gasteiger partial charge < -0.3 is 4.79 Å². The van der Waals surface area contributed by atoms with Crippen LogP contribution in [0.15, 0.2) is 36.4 Å². The summed E-state index contributed by atoms with van der Waals surface area (Å²) in [7, 11) is 0. The molecule has 0 atom stereocenters. The zero-order chi connectivity index (χ0) is 10.7. The van der Waals surface area contributed by atoms with Crippen molar-refractivity contribution in [1.29, 1.82) is 0 Å². The van der Waals surface area contributed by atoms with E-state index in [0.717, 1.165) is 26.6 Å². The van der Waals surface area contributed by atoms with Crippen LogP contribution in [-0.2, 0) is 4.79 Å². The Bertz CT molecular complexity index is 459. The van der Waals surface area contributed by atoms with E-state index in [2.05, 4.69) is 0 Å². The van der Waals surface area contributed by atoms with Crippen LogP contribution < -0.4 is 0 Å². The van der Waals surface area contributed by atoms with Crippen LogP contribution in [0.3, 0.4) is 0 Å². The lowest BCUT2D eigenvalue weighted by molar-refractivity contribution is -0.104. The first-order valence-electron chi connectivity index (χ1n) is 4.44. The fraction of sp³-hybridized carbons (Fsp3) is 0. The van der Waals surface area contributed by atoms with E-state index in [-0.39, 0.29) is 0 Å². The van der Waals surface area contributed by atoms with Crippen molar-refractivity contribution in [3.8, 4) is 10.4 Å². The van der Waals surface area contributed by atoms with Gasteiger partial charge in [0.25, 0.3) is 0 Å². The molecule has 0 spiro atoms. The van der Waals surface area contributed by atoms with Crippen molar-refractivity contribution < 1.29 is 4.79 Å². The lowest BCUT2D eigenvalue weighted by atomic mass is 10.1. The van der Waals surface area contributed by atoms with Gasteiger partial charge in [-0.1, -0.05) is 35.9 Å². The van der Waals surface area contributed by atoms with Crippen LogP contribution in [0.4, 0.5) is 0 Å². The number of carbonyl (C=O) groups is 1. The second-order valence-corrected chi connectivity index (χ2v) is 4.74. The van der Waals surface area contributed by atoms with Crippen molar-refractivity contribution in [2.45, 2.75) is 0 Å². The summed E-state index contributed by atoms with van der Waals surface area (Å²) in [6.45, 7) is 0. The van der Waals surface area contributed by atoms with Crippen molar-refractivity contribution in [3.63, 3.8) is 0 Å². The molecule has 1 radical (unpaired) electrons. The smallest absolute Gasteiger partial charge is 0.128 e. The Labute approximate surface area is 97.3 Å². The lowest BCUT2D eigenvalue weighted by Crippen LogP contribution is -1.81. The molecule has 0 amide bonds. The van der Waals surface area contributed by atoms with Crippen LogP contribution in [0.5, 0.6) is 0 Å². The maximum atomic E-state index is 10.3. The monoisotopic (exact) mass is 235 g/mol. The minimum Gasteiger partial charge on any atom is -0.303 e. The van der Waals surface area contributed by atoms with E-state index < -0.39 is 0 Å². The molecule has 0 bridgehead atoms. The molecule has 1 aromatic heterocycles. The first-order valence-corrected chi connectivity index (χ1v) is 5.63. The van der Waals surface area contributed by atoms with Crippen LogP contribution >= 0.6 is 22.9 Å². The Balaban J connectivity index is 2.27. The summed E-state index contributed by atoms with van der Waals surface area (Å²) in [5, 5.41) is 0. The van der Waals surface area contributed by atoms with Crippen molar-refractivity contribution in [2.24, 2.45) is 0 Å². The van der Waals surface area contributed by atoms with Gasteiger partial charge in [0.1, 0.15) is 6.29 Å². The summed E-state index contributed by atoms with van der Waals surface area (Å²) in [5.74, 6) is 0. The maximum Gasteiger partial charge on any atom is 0.128 e. The zero-order valence-electron chi connectivity index (χ0n) is 7.81. The minimum absolute atomic E-state index is 0.786. The van der Waals surface area contributed by atoms with Gasteiger partial charge in [-0.05, 0) is 23.3 Å². The van der Waals surface area contributed by atoms with Crippen LogP contribution in [0, 0.1) is 6.42 Å². The van der Waals surface area contributed by atoms with Gasteiger partial charge in [-0.25, -0.2) is 0 Å². The average Bonchev–Trinajstić information content (AvgIpc) is 2.67. The highest BCUT2D eigenvalue weighted by Gasteiger charge is 2.01. The molecule has 2 rings (SSSR count). The zero-order valence-corrected chi connectivity index (χ0v) is 9.39. The normalized spacial score (nSPS) is 10.2. The van der Waals surface area contributed by atoms with E-state index in [1.165, 1.54) is 6.42 Å². The predicted octanol–water partition coefficient (Wildman–Crippen LogP) is 3.82. The second kappa shape index (κ2) is 4.60. The van der Waals surface area contributed by atoms with E-state index in [4.69, 9.17) is 11.6 Å². The Hall–Kier alpha value is -1.12. The second-order valence-electron chi connectivity index (χ2n) is 3.03. The third kappa shape index (κ3) is 2.46. The van der Waals surface area contributed by atoms with E-state index in [1.807, 2.05) is 36.4 Å². The molecule has 0 saturated heterocycles. The highest BCUT2D eigenvalue weighted by atomic mass is 35.5. The molecular formula is C12H8ClOS. The van der Waals surface area contributed by atoms with Crippen LogP contribution in [0.1, 0.15) is 5.56 Å². The molecule has 0 saturated carbocycles. The van der Waals surface area contributed by atoms with E-state index >= 15 is 0 Å². The number of hydrogen-bond acceptors (Lipinski definition) is 2. The number of halogens is 1. The van der Waals surface area contributed by atoms with Gasteiger partial charge in [-0.15, -0.1) is 11.3 Å². The summed E-state index contributed by atoms with van der Waals surface area (Å²) < 4.78 is 0.786. The largest absolute Gasteiger partial charge is 0.303 e. The molecule has 0 N–H and O–H groups in total. The van der Waals surface area contributed by atoms with Gasteiger partial charge in [0.15, 0.2) is 0 Å². The SMILES string of the molecule is O=C[CH]c1ccc(-c2ccc(Cl)s2)cc1. The third-order valence-electron chi connectivity index (χ3n) is 2.03. The summed E-state index contributed by atoms with van der Waals surface area (Å²) in [6.07, 6.45) is 2.32. The van der Waals surface area contributed by atoms with Crippen molar-refractivity contribution in [2.75, 3.05) is 0 Å². The molecule has 0 aliphatic carbocycles. The third-order valence-corrected chi connectivity index (χ3v) is 3.31. The van der Waals surface area contributed by atoms with E-state index in [1.54, 1.807) is 11.3 Å². The quantitative estimate of drug-likeness (QED) is 0.740. The standard InChI is InChI=1S/C12H8ClOS/c13-12-6-5-11(15-12)10-3-1-9(2-4-10)7-8-14/h1-8H.